The summed E-state index contributed by atoms with van der Waals surface area (Å²) in [5, 5.41) is 18.6. The highest BCUT2D eigenvalue weighted by molar-refractivity contribution is 7.98. The van der Waals surface area contributed by atoms with Crippen LogP contribution in [-0.2, 0) is 5.75 Å². The molecule has 7 nitrogen and oxygen atoms in total. The van der Waals surface area contributed by atoms with E-state index < -0.39 is 0 Å². The van der Waals surface area contributed by atoms with Crippen LogP contribution in [0.5, 0.6) is 0 Å². The molecule has 0 aliphatic heterocycles. The average Bonchev–Trinajstić information content (AvgIpc) is 3.48. The molecule has 0 radical (unpaired) electrons. The molecular formula is C24H19ClN6OS. The Morgan fingerprint density at radius 1 is 0.909 bits per heavy atom. The van der Waals surface area contributed by atoms with E-state index in [-0.39, 0.29) is 0 Å². The third-order valence-electron chi connectivity index (χ3n) is 5.22. The number of aromatic nitrogens is 6. The van der Waals surface area contributed by atoms with Crippen molar-refractivity contribution >= 4 is 23.4 Å². The quantitative estimate of drug-likeness (QED) is 0.281. The first-order valence-electron chi connectivity index (χ1n) is 10.2. The third-order valence-corrected chi connectivity index (χ3v) is 6.46. The van der Waals surface area contributed by atoms with Crippen LogP contribution in [0.4, 0.5) is 0 Å². The molecule has 0 N–H and O–H groups in total. The lowest BCUT2D eigenvalue weighted by atomic mass is 10.1. The van der Waals surface area contributed by atoms with Gasteiger partial charge < -0.3 is 4.42 Å². The van der Waals surface area contributed by atoms with Crippen LogP contribution in [-0.4, -0.2) is 29.9 Å². The number of benzene rings is 2. The second kappa shape index (κ2) is 9.17. The van der Waals surface area contributed by atoms with Crippen LogP contribution in [0.15, 0.2) is 76.6 Å². The maximum absolute atomic E-state index is 6.26. The Morgan fingerprint density at radius 3 is 2.52 bits per heavy atom. The van der Waals surface area contributed by atoms with Gasteiger partial charge in [0, 0.05) is 18.0 Å². The Kier molecular flexibility index (Phi) is 5.93. The second-order valence-corrected chi connectivity index (χ2v) is 8.77. The van der Waals surface area contributed by atoms with Crippen molar-refractivity contribution < 1.29 is 4.42 Å². The van der Waals surface area contributed by atoms with Gasteiger partial charge in [0.15, 0.2) is 11.0 Å². The van der Waals surface area contributed by atoms with Gasteiger partial charge in [0.05, 0.1) is 22.0 Å². The number of nitrogens with zero attached hydrogens (tertiary/aromatic N) is 6. The van der Waals surface area contributed by atoms with Gasteiger partial charge in [-0.15, -0.1) is 20.4 Å². The van der Waals surface area contributed by atoms with E-state index in [2.05, 4.69) is 57.4 Å². The number of hydrogen-bond donors (Lipinski definition) is 0. The molecule has 5 aromatic rings. The summed E-state index contributed by atoms with van der Waals surface area (Å²) in [7, 11) is 0. The summed E-state index contributed by atoms with van der Waals surface area (Å²) in [4.78, 5) is 4.12. The van der Waals surface area contributed by atoms with Crippen molar-refractivity contribution in [3.05, 3.63) is 89.0 Å². The van der Waals surface area contributed by atoms with E-state index in [1.54, 1.807) is 18.5 Å². The van der Waals surface area contributed by atoms with E-state index in [0.29, 0.717) is 28.1 Å². The zero-order chi connectivity index (χ0) is 22.8. The van der Waals surface area contributed by atoms with E-state index in [1.807, 2.05) is 34.9 Å². The normalized spacial score (nSPS) is 11.1. The molecule has 2 aromatic carbocycles. The predicted molar refractivity (Wildman–Crippen MR) is 128 cm³/mol. The topological polar surface area (TPSA) is 82.5 Å². The van der Waals surface area contributed by atoms with Crippen LogP contribution in [0.2, 0.25) is 5.02 Å². The first-order valence-corrected chi connectivity index (χ1v) is 11.6. The number of halogens is 1. The fourth-order valence-electron chi connectivity index (χ4n) is 3.33. The monoisotopic (exact) mass is 474 g/mol. The first-order chi connectivity index (χ1) is 16.1. The Bertz CT molecular complexity index is 1420. The lowest BCUT2D eigenvalue weighted by molar-refractivity contribution is 0.528. The highest BCUT2D eigenvalue weighted by atomic mass is 35.5. The maximum atomic E-state index is 6.26. The molecule has 3 heterocycles. The minimum absolute atomic E-state index is 0.393. The van der Waals surface area contributed by atoms with E-state index in [0.717, 1.165) is 22.2 Å². The Balaban J connectivity index is 1.47. The zero-order valence-electron chi connectivity index (χ0n) is 17.9. The van der Waals surface area contributed by atoms with Crippen LogP contribution in [0.1, 0.15) is 17.0 Å². The number of aryl methyl sites for hydroxylation is 2. The molecular weight excluding hydrogens is 456 g/mol. The molecule has 0 amide bonds. The SMILES string of the molecule is Cc1ccc(-n2c(SCc3nnc(-c4ccccc4Cl)o3)nnc2-c2ccncc2)cc1C. The molecule has 33 heavy (non-hydrogen) atoms. The molecule has 164 valence electrons. The molecule has 0 spiro atoms. The van der Waals surface area contributed by atoms with Gasteiger partial charge in [-0.25, -0.2) is 0 Å². The Morgan fingerprint density at radius 2 is 1.73 bits per heavy atom. The fourth-order valence-corrected chi connectivity index (χ4v) is 4.34. The molecule has 0 saturated carbocycles. The van der Waals surface area contributed by atoms with Crippen molar-refractivity contribution in [2.24, 2.45) is 0 Å². The first kappa shape index (κ1) is 21.4. The molecule has 0 aliphatic carbocycles. The summed E-state index contributed by atoms with van der Waals surface area (Å²) in [5.74, 6) is 2.06. The number of pyridine rings is 1. The lowest BCUT2D eigenvalue weighted by Crippen LogP contribution is -2.01. The van der Waals surface area contributed by atoms with Crippen molar-refractivity contribution in [3.8, 4) is 28.5 Å². The number of hydrogen-bond acceptors (Lipinski definition) is 7. The smallest absolute Gasteiger partial charge is 0.249 e. The molecule has 5 rings (SSSR count). The molecule has 0 atom stereocenters. The molecule has 0 aliphatic rings. The third kappa shape index (κ3) is 4.40. The van der Waals surface area contributed by atoms with Crippen molar-refractivity contribution in [1.29, 1.82) is 0 Å². The van der Waals surface area contributed by atoms with Crippen LogP contribution in [0, 0.1) is 13.8 Å². The van der Waals surface area contributed by atoms with E-state index in [9.17, 15) is 0 Å². The van der Waals surface area contributed by atoms with Crippen molar-refractivity contribution in [1.82, 2.24) is 29.9 Å². The van der Waals surface area contributed by atoms with Gasteiger partial charge >= 0.3 is 0 Å². The predicted octanol–water partition coefficient (Wildman–Crippen LogP) is 5.94. The molecule has 0 saturated heterocycles. The molecule has 0 bridgehead atoms. The van der Waals surface area contributed by atoms with Crippen LogP contribution < -0.4 is 0 Å². The highest BCUT2D eigenvalue weighted by Crippen LogP contribution is 2.31. The molecule has 0 unspecified atom stereocenters. The standard InChI is InChI=1S/C24H19ClN6OS/c1-15-7-8-18(13-16(15)2)31-22(17-9-11-26-12-10-17)28-30-24(31)33-14-21-27-29-23(32-21)19-5-3-4-6-20(19)25/h3-13H,14H2,1-2H3. The zero-order valence-corrected chi connectivity index (χ0v) is 19.5. The summed E-state index contributed by atoms with van der Waals surface area (Å²) in [6.45, 7) is 4.19. The minimum Gasteiger partial charge on any atom is -0.420 e. The summed E-state index contributed by atoms with van der Waals surface area (Å²) in [5.41, 5.74) is 5.05. The van der Waals surface area contributed by atoms with E-state index in [4.69, 9.17) is 16.0 Å². The van der Waals surface area contributed by atoms with Gasteiger partial charge in [-0.2, -0.15) is 0 Å². The van der Waals surface area contributed by atoms with Gasteiger partial charge in [-0.05, 0) is 61.4 Å². The summed E-state index contributed by atoms with van der Waals surface area (Å²) < 4.78 is 7.89. The van der Waals surface area contributed by atoms with Gasteiger partial charge in [0.1, 0.15) is 0 Å². The van der Waals surface area contributed by atoms with Crippen LogP contribution in [0.25, 0.3) is 28.5 Å². The van der Waals surface area contributed by atoms with E-state index >= 15 is 0 Å². The van der Waals surface area contributed by atoms with Gasteiger partial charge in [0.25, 0.3) is 0 Å². The van der Waals surface area contributed by atoms with Gasteiger partial charge in [0.2, 0.25) is 11.8 Å². The molecule has 3 aromatic heterocycles. The summed E-state index contributed by atoms with van der Waals surface area (Å²) >= 11 is 7.73. The largest absolute Gasteiger partial charge is 0.420 e. The van der Waals surface area contributed by atoms with Gasteiger partial charge in [-0.1, -0.05) is 41.6 Å². The molecule has 0 fully saturated rings. The summed E-state index contributed by atoms with van der Waals surface area (Å²) in [6.07, 6.45) is 3.49. The van der Waals surface area contributed by atoms with Crippen molar-refractivity contribution in [3.63, 3.8) is 0 Å². The van der Waals surface area contributed by atoms with E-state index in [1.165, 1.54) is 22.9 Å². The highest BCUT2D eigenvalue weighted by Gasteiger charge is 2.18. The maximum Gasteiger partial charge on any atom is 0.249 e. The average molecular weight is 475 g/mol. The van der Waals surface area contributed by atoms with Crippen molar-refractivity contribution in [2.45, 2.75) is 24.8 Å². The second-order valence-electron chi connectivity index (χ2n) is 7.42. The van der Waals surface area contributed by atoms with Crippen LogP contribution >= 0.6 is 23.4 Å². The van der Waals surface area contributed by atoms with Crippen LogP contribution in [0.3, 0.4) is 0 Å². The minimum atomic E-state index is 0.393. The number of thioether (sulfide) groups is 1. The van der Waals surface area contributed by atoms with Crippen molar-refractivity contribution in [2.75, 3.05) is 0 Å². The lowest BCUT2D eigenvalue weighted by Gasteiger charge is -2.12. The Hall–Kier alpha value is -3.49. The summed E-state index contributed by atoms with van der Waals surface area (Å²) in [6, 6.07) is 17.5. The number of rotatable bonds is 6. The molecule has 9 heteroatoms. The fraction of sp³-hybridized carbons (Fsp3) is 0.125. The van der Waals surface area contributed by atoms with Gasteiger partial charge in [-0.3, -0.25) is 9.55 Å². The Labute approximate surface area is 199 Å².